The molecular weight excluding hydrogens is 539 g/mol. The Balaban J connectivity index is 2.07. The quantitative estimate of drug-likeness (QED) is 0.130. The number of benzene rings is 2. The van der Waals surface area contributed by atoms with Gasteiger partial charge in [0.05, 0.1) is 36.6 Å². The Morgan fingerprint density at radius 1 is 1.03 bits per heavy atom. The summed E-state index contributed by atoms with van der Waals surface area (Å²) >= 11 is 1.28. The molecule has 0 bridgehead atoms. The molecule has 0 aliphatic heterocycles. The average Bonchev–Trinajstić information content (AvgIpc) is 3.41. The first kappa shape index (κ1) is 28.9. The molecule has 0 unspecified atom stereocenters. The van der Waals surface area contributed by atoms with Gasteiger partial charge in [0.2, 0.25) is 0 Å². The molecule has 0 atom stereocenters. The number of para-hydroxylation sites is 1. The first-order valence-electron chi connectivity index (χ1n) is 11.3. The van der Waals surface area contributed by atoms with Crippen molar-refractivity contribution in [3.05, 3.63) is 98.7 Å². The molecule has 0 radical (unpaired) electrons. The minimum absolute atomic E-state index is 0.0999. The van der Waals surface area contributed by atoms with E-state index in [9.17, 15) is 23.1 Å². The topological polar surface area (TPSA) is 125 Å². The largest absolute Gasteiger partial charge is 0.362 e. The normalized spacial score (nSPS) is 12.7. The zero-order valence-corrected chi connectivity index (χ0v) is 22.8. The molecule has 37 heavy (non-hydrogen) atoms. The minimum atomic E-state index is -4.52. The van der Waals surface area contributed by atoms with E-state index < -0.39 is 39.7 Å². The molecule has 2 aromatic carbocycles. The van der Waals surface area contributed by atoms with Crippen LogP contribution in [0.4, 0.5) is 5.69 Å². The fraction of sp³-hybridized carbons (Fsp3) is 0.250. The molecule has 3 aromatic rings. The van der Waals surface area contributed by atoms with Gasteiger partial charge in [0, 0.05) is 10.9 Å². The molecule has 1 heterocycles. The fourth-order valence-corrected chi connectivity index (χ4v) is 7.51. The van der Waals surface area contributed by atoms with Crippen LogP contribution in [0.25, 0.3) is 5.31 Å². The number of nitro benzene ring substituents is 1. The van der Waals surface area contributed by atoms with Gasteiger partial charge in [-0.2, -0.15) is 0 Å². The summed E-state index contributed by atoms with van der Waals surface area (Å²) in [5, 5.41) is 13.5. The van der Waals surface area contributed by atoms with Crippen LogP contribution in [-0.4, -0.2) is 37.6 Å². The molecule has 0 amide bonds. The molecular formula is C24H27N2O8PS2. The summed E-state index contributed by atoms with van der Waals surface area (Å²) in [7, 11) is -8.34. The third kappa shape index (κ3) is 7.20. The maximum absolute atomic E-state index is 13.7. The van der Waals surface area contributed by atoms with E-state index in [1.807, 2.05) is 0 Å². The Kier molecular flexibility index (Phi) is 10.3. The van der Waals surface area contributed by atoms with Crippen LogP contribution in [0, 0.1) is 10.1 Å². The third-order valence-corrected chi connectivity index (χ3v) is 9.88. The lowest BCUT2D eigenvalue weighted by atomic mass is 10.2. The number of hydrogen-bond acceptors (Lipinski definition) is 9. The molecule has 0 saturated carbocycles. The predicted octanol–water partition coefficient (Wildman–Crippen LogP) is 6.09. The Morgan fingerprint density at radius 3 is 2.27 bits per heavy atom. The van der Waals surface area contributed by atoms with E-state index in [2.05, 4.69) is 0 Å². The molecule has 0 saturated heterocycles. The van der Waals surface area contributed by atoms with Crippen LogP contribution in [-0.2, 0) is 35.1 Å². The molecule has 0 fully saturated rings. The van der Waals surface area contributed by atoms with Crippen LogP contribution < -0.4 is 0 Å². The van der Waals surface area contributed by atoms with Crippen LogP contribution in [0.1, 0.15) is 24.3 Å². The van der Waals surface area contributed by atoms with Gasteiger partial charge in [0.15, 0.2) is 4.90 Å². The number of rotatable bonds is 14. The molecule has 0 aliphatic rings. The van der Waals surface area contributed by atoms with Gasteiger partial charge in [-0.05, 0) is 36.9 Å². The molecule has 13 heteroatoms. The van der Waals surface area contributed by atoms with Crippen molar-refractivity contribution in [1.82, 2.24) is 4.47 Å². The van der Waals surface area contributed by atoms with E-state index in [4.69, 9.17) is 13.9 Å². The van der Waals surface area contributed by atoms with Crippen LogP contribution in [0.15, 0.2) is 83.1 Å². The lowest BCUT2D eigenvalue weighted by Crippen LogP contribution is -2.32. The summed E-state index contributed by atoms with van der Waals surface area (Å²) in [5.74, 6) is 0. The second-order valence-electron chi connectivity index (χ2n) is 7.37. The summed E-state index contributed by atoms with van der Waals surface area (Å²) in [5.41, 5.74) is 0.0922. The third-order valence-electron chi connectivity index (χ3n) is 4.93. The van der Waals surface area contributed by atoms with Crippen LogP contribution >= 0.6 is 18.9 Å². The zero-order chi connectivity index (χ0) is 26.9. The number of nitro groups is 1. The number of hydroxylamine groups is 1. The highest BCUT2D eigenvalue weighted by atomic mass is 32.2. The SMILES string of the molecule is CCOP(=O)(OCC)/C(=C\CN(OCc1ccccc1)S(=O)(=O)c1ccccc1[N+](=O)[O-])c1cccs1. The lowest BCUT2D eigenvalue weighted by Gasteiger charge is -2.23. The fourth-order valence-electron chi connectivity index (χ4n) is 3.33. The highest BCUT2D eigenvalue weighted by molar-refractivity contribution is 7.89. The standard InChI is InChI=1S/C24H27N2O8PS2/c1-3-33-35(29,34-4-2)22(23-14-10-18-36-23)16-17-25(32-19-20-11-6-5-7-12-20)37(30,31)24-15-9-8-13-21(24)26(27)28/h5-16,18H,3-4,17,19H2,1-2H3/b22-16-. The van der Waals surface area contributed by atoms with Gasteiger partial charge in [-0.1, -0.05) is 59.1 Å². The second-order valence-corrected chi connectivity index (χ2v) is 12.1. The smallest absolute Gasteiger partial charge is 0.305 e. The van der Waals surface area contributed by atoms with Gasteiger partial charge in [-0.3, -0.25) is 19.5 Å². The van der Waals surface area contributed by atoms with Crippen molar-refractivity contribution in [1.29, 1.82) is 0 Å². The number of hydrogen-bond donors (Lipinski definition) is 0. The second kappa shape index (κ2) is 13.2. The van der Waals surface area contributed by atoms with Crippen LogP contribution in [0.5, 0.6) is 0 Å². The van der Waals surface area contributed by atoms with E-state index in [1.165, 1.54) is 29.5 Å². The van der Waals surface area contributed by atoms with Gasteiger partial charge < -0.3 is 9.05 Å². The van der Waals surface area contributed by atoms with Gasteiger partial charge in [0.1, 0.15) is 0 Å². The van der Waals surface area contributed by atoms with E-state index in [0.29, 0.717) is 14.9 Å². The minimum Gasteiger partial charge on any atom is -0.305 e. The number of nitrogens with zero attached hydrogens (tertiary/aromatic N) is 2. The van der Waals surface area contributed by atoms with Crippen molar-refractivity contribution in [2.75, 3.05) is 19.8 Å². The Hall–Kier alpha value is -2.70. The highest BCUT2D eigenvalue weighted by Gasteiger charge is 2.35. The Bertz CT molecular complexity index is 1350. The van der Waals surface area contributed by atoms with Crippen molar-refractivity contribution in [2.45, 2.75) is 25.3 Å². The van der Waals surface area contributed by atoms with Gasteiger partial charge in [0.25, 0.3) is 15.7 Å². The molecule has 3 rings (SSSR count). The predicted molar refractivity (Wildman–Crippen MR) is 141 cm³/mol. The monoisotopic (exact) mass is 566 g/mol. The maximum Gasteiger partial charge on any atom is 0.362 e. The van der Waals surface area contributed by atoms with Crippen molar-refractivity contribution in [3.63, 3.8) is 0 Å². The molecule has 0 spiro atoms. The molecule has 198 valence electrons. The van der Waals surface area contributed by atoms with Crippen molar-refractivity contribution >= 4 is 40.0 Å². The first-order chi connectivity index (χ1) is 17.7. The highest BCUT2D eigenvalue weighted by Crippen LogP contribution is 2.61. The van der Waals surface area contributed by atoms with Crippen LogP contribution in [0.2, 0.25) is 0 Å². The number of sulfonamides is 1. The zero-order valence-electron chi connectivity index (χ0n) is 20.3. The summed E-state index contributed by atoms with van der Waals surface area (Å²) in [4.78, 5) is 16.5. The van der Waals surface area contributed by atoms with Crippen molar-refractivity contribution in [2.24, 2.45) is 0 Å². The molecule has 0 aliphatic carbocycles. The average molecular weight is 567 g/mol. The van der Waals surface area contributed by atoms with E-state index in [-0.39, 0.29) is 25.1 Å². The number of thiophene rings is 1. The lowest BCUT2D eigenvalue weighted by molar-refractivity contribution is -0.387. The Labute approximate surface area is 219 Å². The van der Waals surface area contributed by atoms with E-state index in [1.54, 1.807) is 61.7 Å². The van der Waals surface area contributed by atoms with E-state index in [0.717, 1.165) is 12.1 Å². The van der Waals surface area contributed by atoms with E-state index >= 15 is 0 Å². The first-order valence-corrected chi connectivity index (χ1v) is 15.2. The van der Waals surface area contributed by atoms with Gasteiger partial charge in [-0.25, -0.2) is 8.42 Å². The van der Waals surface area contributed by atoms with Crippen molar-refractivity contribution < 1.29 is 31.8 Å². The maximum atomic E-state index is 13.7. The summed E-state index contributed by atoms with van der Waals surface area (Å²) < 4.78 is 52.6. The summed E-state index contributed by atoms with van der Waals surface area (Å²) in [6.07, 6.45) is 1.40. The van der Waals surface area contributed by atoms with Gasteiger partial charge >= 0.3 is 7.60 Å². The van der Waals surface area contributed by atoms with Crippen LogP contribution in [0.3, 0.4) is 0 Å². The Morgan fingerprint density at radius 2 is 1.68 bits per heavy atom. The molecule has 0 N–H and O–H groups in total. The summed E-state index contributed by atoms with van der Waals surface area (Å²) in [6, 6.07) is 17.3. The van der Waals surface area contributed by atoms with Gasteiger partial charge in [-0.15, -0.1) is 11.3 Å². The summed E-state index contributed by atoms with van der Waals surface area (Å²) in [6.45, 7) is 3.00. The molecule has 10 nitrogen and oxygen atoms in total. The van der Waals surface area contributed by atoms with Crippen molar-refractivity contribution in [3.8, 4) is 0 Å². The molecule has 1 aromatic heterocycles.